The number of nitrogens with one attached hydrogen (secondary N) is 1. The van der Waals surface area contributed by atoms with Gasteiger partial charge in [0.25, 0.3) is 0 Å². The Kier molecular flexibility index (Phi) is 6.64. The van der Waals surface area contributed by atoms with Crippen molar-refractivity contribution in [1.82, 2.24) is 0 Å². The van der Waals surface area contributed by atoms with Gasteiger partial charge in [0.2, 0.25) is 0 Å². The van der Waals surface area contributed by atoms with E-state index in [4.69, 9.17) is 14.2 Å². The third-order valence-electron chi connectivity index (χ3n) is 4.90. The molecule has 26 heavy (non-hydrogen) atoms. The largest absolute Gasteiger partial charge is 0.497 e. The molecule has 0 radical (unpaired) electrons. The lowest BCUT2D eigenvalue weighted by molar-refractivity contribution is 0.166. The zero-order valence-corrected chi connectivity index (χ0v) is 15.8. The van der Waals surface area contributed by atoms with Gasteiger partial charge in [-0.15, -0.1) is 0 Å². The van der Waals surface area contributed by atoms with Crippen LogP contribution in [-0.2, 0) is 0 Å². The molecular weight excluding hydrogens is 326 g/mol. The predicted octanol–water partition coefficient (Wildman–Crippen LogP) is 5.94. The van der Waals surface area contributed by atoms with E-state index in [1.165, 1.54) is 44.9 Å². The Hall–Kier alpha value is -2.36. The highest BCUT2D eigenvalue weighted by Crippen LogP contribution is 2.32. The molecule has 0 spiro atoms. The second-order valence-electron chi connectivity index (χ2n) is 6.80. The molecule has 3 rings (SSSR count). The number of methoxy groups -OCH3 is 2. The molecule has 1 saturated carbocycles. The minimum absolute atomic E-state index is 0.357. The summed E-state index contributed by atoms with van der Waals surface area (Å²) in [6, 6.07) is 13.9. The van der Waals surface area contributed by atoms with Crippen LogP contribution in [-0.4, -0.2) is 20.3 Å². The first-order valence-corrected chi connectivity index (χ1v) is 9.54. The van der Waals surface area contributed by atoms with Crippen molar-refractivity contribution in [1.29, 1.82) is 0 Å². The minimum Gasteiger partial charge on any atom is -0.497 e. The second kappa shape index (κ2) is 9.37. The Morgan fingerprint density at radius 2 is 1.42 bits per heavy atom. The van der Waals surface area contributed by atoms with E-state index in [0.717, 1.165) is 28.6 Å². The van der Waals surface area contributed by atoms with Gasteiger partial charge in [-0.3, -0.25) is 0 Å². The molecule has 0 unspecified atom stereocenters. The van der Waals surface area contributed by atoms with Crippen molar-refractivity contribution in [2.75, 3.05) is 19.5 Å². The lowest BCUT2D eigenvalue weighted by Crippen LogP contribution is -2.17. The monoisotopic (exact) mass is 355 g/mol. The zero-order valence-electron chi connectivity index (χ0n) is 15.8. The van der Waals surface area contributed by atoms with Gasteiger partial charge in [-0.2, -0.15) is 0 Å². The number of benzene rings is 2. The summed E-state index contributed by atoms with van der Waals surface area (Å²) in [7, 11) is 3.31. The van der Waals surface area contributed by atoms with E-state index in [-0.39, 0.29) is 0 Å². The molecule has 4 heteroatoms. The van der Waals surface area contributed by atoms with Crippen LogP contribution in [0.15, 0.2) is 42.5 Å². The van der Waals surface area contributed by atoms with Crippen molar-refractivity contribution >= 4 is 11.4 Å². The smallest absolute Gasteiger partial charge is 0.145 e. The van der Waals surface area contributed by atoms with E-state index < -0.39 is 0 Å². The van der Waals surface area contributed by atoms with Crippen LogP contribution in [0, 0.1) is 0 Å². The van der Waals surface area contributed by atoms with Crippen LogP contribution < -0.4 is 19.5 Å². The average molecular weight is 355 g/mol. The van der Waals surface area contributed by atoms with Crippen LogP contribution in [0.1, 0.15) is 44.9 Å². The number of hydrogen-bond acceptors (Lipinski definition) is 4. The molecule has 0 aliphatic heterocycles. The van der Waals surface area contributed by atoms with E-state index >= 15 is 0 Å². The summed E-state index contributed by atoms with van der Waals surface area (Å²) in [5, 5.41) is 3.39. The summed E-state index contributed by atoms with van der Waals surface area (Å²) in [6.07, 6.45) is 9.31. The molecule has 0 atom stereocenters. The van der Waals surface area contributed by atoms with Crippen molar-refractivity contribution < 1.29 is 14.2 Å². The molecule has 0 bridgehead atoms. The van der Waals surface area contributed by atoms with Crippen molar-refractivity contribution in [2.45, 2.75) is 51.0 Å². The van der Waals surface area contributed by atoms with Crippen molar-refractivity contribution in [3.63, 3.8) is 0 Å². The first-order valence-electron chi connectivity index (χ1n) is 9.54. The highest BCUT2D eigenvalue weighted by Gasteiger charge is 2.13. The molecular formula is C22H29NO3. The number of ether oxygens (including phenoxy) is 3. The van der Waals surface area contributed by atoms with E-state index in [9.17, 15) is 0 Å². The topological polar surface area (TPSA) is 39.7 Å². The fraction of sp³-hybridized carbons (Fsp3) is 0.455. The molecule has 1 fully saturated rings. The van der Waals surface area contributed by atoms with E-state index in [1.54, 1.807) is 14.2 Å². The van der Waals surface area contributed by atoms with Crippen LogP contribution in [0.4, 0.5) is 11.4 Å². The van der Waals surface area contributed by atoms with Gasteiger partial charge in [-0.25, -0.2) is 0 Å². The Morgan fingerprint density at radius 1 is 0.769 bits per heavy atom. The minimum atomic E-state index is 0.357. The quantitative estimate of drug-likeness (QED) is 0.696. The molecule has 0 aromatic heterocycles. The van der Waals surface area contributed by atoms with Crippen LogP contribution in [0.2, 0.25) is 0 Å². The number of hydrogen-bond donors (Lipinski definition) is 1. The van der Waals surface area contributed by atoms with Gasteiger partial charge in [-0.05, 0) is 62.1 Å². The second-order valence-corrected chi connectivity index (χ2v) is 6.80. The molecule has 1 aliphatic carbocycles. The maximum absolute atomic E-state index is 6.20. The van der Waals surface area contributed by atoms with Gasteiger partial charge in [0.15, 0.2) is 0 Å². The molecule has 1 aliphatic rings. The molecule has 1 N–H and O–H groups in total. The first kappa shape index (κ1) is 18.4. The van der Waals surface area contributed by atoms with Crippen molar-refractivity contribution in [3.05, 3.63) is 42.5 Å². The van der Waals surface area contributed by atoms with Gasteiger partial charge in [0.1, 0.15) is 17.2 Å². The molecule has 2 aromatic carbocycles. The Balaban J connectivity index is 1.62. The summed E-state index contributed by atoms with van der Waals surface area (Å²) in [5.41, 5.74) is 1.90. The third-order valence-corrected chi connectivity index (χ3v) is 4.90. The van der Waals surface area contributed by atoms with Crippen LogP contribution in [0.5, 0.6) is 17.2 Å². The fourth-order valence-electron chi connectivity index (χ4n) is 3.40. The lowest BCUT2D eigenvalue weighted by atomic mass is 9.98. The fourth-order valence-corrected chi connectivity index (χ4v) is 3.40. The van der Waals surface area contributed by atoms with Crippen molar-refractivity contribution in [3.8, 4) is 17.2 Å². The predicted molar refractivity (Wildman–Crippen MR) is 106 cm³/mol. The number of anilines is 2. The molecule has 0 saturated heterocycles. The Bertz CT molecular complexity index is 676. The van der Waals surface area contributed by atoms with Gasteiger partial charge < -0.3 is 19.5 Å². The van der Waals surface area contributed by atoms with Gasteiger partial charge in [-0.1, -0.05) is 19.3 Å². The lowest BCUT2D eigenvalue weighted by Gasteiger charge is -2.21. The van der Waals surface area contributed by atoms with E-state index in [0.29, 0.717) is 6.10 Å². The van der Waals surface area contributed by atoms with Gasteiger partial charge >= 0.3 is 0 Å². The molecule has 140 valence electrons. The van der Waals surface area contributed by atoms with Gasteiger partial charge in [0, 0.05) is 11.8 Å². The molecule has 4 nitrogen and oxygen atoms in total. The highest BCUT2D eigenvalue weighted by atomic mass is 16.5. The maximum Gasteiger partial charge on any atom is 0.145 e. The molecule has 2 aromatic rings. The van der Waals surface area contributed by atoms with Crippen molar-refractivity contribution in [2.24, 2.45) is 0 Å². The van der Waals surface area contributed by atoms with Crippen LogP contribution >= 0.6 is 0 Å². The summed E-state index contributed by atoms with van der Waals surface area (Å²) in [6.45, 7) is 0. The molecule has 0 amide bonds. The highest BCUT2D eigenvalue weighted by molar-refractivity contribution is 5.67. The number of rotatable bonds is 6. The normalized spacial score (nSPS) is 15.6. The maximum atomic E-state index is 6.20. The van der Waals surface area contributed by atoms with E-state index in [1.807, 2.05) is 42.5 Å². The third kappa shape index (κ3) is 5.07. The zero-order chi connectivity index (χ0) is 18.2. The van der Waals surface area contributed by atoms with Gasteiger partial charge in [0.05, 0.1) is 26.0 Å². The summed E-state index contributed by atoms with van der Waals surface area (Å²) in [5.74, 6) is 2.47. The first-order chi connectivity index (χ1) is 12.8. The van der Waals surface area contributed by atoms with Crippen LogP contribution in [0.3, 0.4) is 0 Å². The Labute approximate surface area is 156 Å². The summed E-state index contributed by atoms with van der Waals surface area (Å²) < 4.78 is 16.9. The van der Waals surface area contributed by atoms with E-state index in [2.05, 4.69) is 5.32 Å². The standard InChI is InChI=1S/C22H29NO3/c1-24-20-14-15-21(22(16-20)25-2)23-17-10-12-19(13-11-17)26-18-8-6-4-3-5-7-9-18/h10-16,18,23H,3-9H2,1-2H3. The summed E-state index contributed by atoms with van der Waals surface area (Å²) >= 11 is 0. The SMILES string of the molecule is COc1ccc(Nc2ccc(OC3CCCCCCC3)cc2)c(OC)c1. The van der Waals surface area contributed by atoms with Crippen LogP contribution in [0.25, 0.3) is 0 Å². The average Bonchev–Trinajstić information content (AvgIpc) is 2.65. The summed E-state index contributed by atoms with van der Waals surface area (Å²) in [4.78, 5) is 0. The molecule has 0 heterocycles. The Morgan fingerprint density at radius 3 is 2.08 bits per heavy atom.